The van der Waals surface area contributed by atoms with E-state index in [1.165, 1.54) is 44.5 Å². The second-order valence-corrected chi connectivity index (χ2v) is 9.11. The Morgan fingerprint density at radius 2 is 1.74 bits per heavy atom. The molecule has 0 saturated carbocycles. The van der Waals surface area contributed by atoms with E-state index in [2.05, 4.69) is 0 Å². The Balaban J connectivity index is 1.72. The van der Waals surface area contributed by atoms with Crippen LogP contribution in [0.2, 0.25) is 5.02 Å². The summed E-state index contributed by atoms with van der Waals surface area (Å²) in [6, 6.07) is 10.4. The van der Waals surface area contributed by atoms with Crippen molar-refractivity contribution in [1.29, 1.82) is 0 Å². The normalized spacial score (nSPS) is 14.7. The van der Waals surface area contributed by atoms with E-state index in [0.29, 0.717) is 30.6 Å². The molecule has 0 bridgehead atoms. The van der Waals surface area contributed by atoms with Gasteiger partial charge in [-0.15, -0.1) is 0 Å². The molecule has 1 aliphatic rings. The number of amides is 1. The number of hydroxylamine groups is 1. The molecule has 31 heavy (non-hydrogen) atoms. The molecule has 0 radical (unpaired) electrons. The highest BCUT2D eigenvalue weighted by atomic mass is 35.5. The van der Waals surface area contributed by atoms with Gasteiger partial charge in [0.25, 0.3) is 21.6 Å². The lowest BCUT2D eigenvalue weighted by atomic mass is 10.1. The van der Waals surface area contributed by atoms with E-state index >= 15 is 0 Å². The number of rotatable bonds is 6. The topological polar surface area (TPSA) is 113 Å². The fraction of sp³-hybridized carbons (Fsp3) is 0.316. The quantitative estimate of drug-likeness (QED) is 0.472. The van der Waals surface area contributed by atoms with Crippen LogP contribution in [0.5, 0.6) is 0 Å². The van der Waals surface area contributed by atoms with Gasteiger partial charge in [0.05, 0.1) is 17.1 Å². The highest BCUT2D eigenvalue weighted by Crippen LogP contribution is 2.27. The minimum Gasteiger partial charge on any atom is -0.368 e. The molecular formula is C19H21ClN4O6S. The minimum atomic E-state index is -4.01. The summed E-state index contributed by atoms with van der Waals surface area (Å²) in [4.78, 5) is 31.5. The van der Waals surface area contributed by atoms with Crippen molar-refractivity contribution in [3.63, 3.8) is 0 Å². The molecule has 1 fully saturated rings. The number of piperazine rings is 1. The number of anilines is 1. The largest absolute Gasteiger partial charge is 0.368 e. The van der Waals surface area contributed by atoms with Crippen LogP contribution in [0.1, 0.15) is 10.4 Å². The predicted molar refractivity (Wildman–Crippen MR) is 115 cm³/mol. The summed E-state index contributed by atoms with van der Waals surface area (Å²) in [5.41, 5.74) is 1.06. The van der Waals surface area contributed by atoms with Crippen molar-refractivity contribution in [2.24, 2.45) is 0 Å². The second-order valence-electron chi connectivity index (χ2n) is 6.80. The van der Waals surface area contributed by atoms with Gasteiger partial charge in [0, 0.05) is 56.6 Å². The van der Waals surface area contributed by atoms with Crippen molar-refractivity contribution in [2.45, 2.75) is 4.90 Å². The zero-order chi connectivity index (χ0) is 22.8. The third-order valence-corrected chi connectivity index (χ3v) is 7.21. The molecule has 1 heterocycles. The van der Waals surface area contributed by atoms with Crippen LogP contribution in [0.25, 0.3) is 0 Å². The number of non-ortho nitro benzene ring substituents is 1. The molecule has 166 valence electrons. The number of nitro groups is 1. The summed E-state index contributed by atoms with van der Waals surface area (Å²) in [5.74, 6) is -0.309. The molecular weight excluding hydrogens is 448 g/mol. The number of carbonyl (C=O) groups is 1. The van der Waals surface area contributed by atoms with Crippen molar-refractivity contribution < 1.29 is 23.0 Å². The summed E-state index contributed by atoms with van der Waals surface area (Å²) < 4.78 is 25.8. The SMILES string of the molecule is CON(C)S(=O)(=O)c1cc(C(=O)N2CCN(c3ccc([N+](=O)[O-])cc3)CC2)ccc1Cl. The fourth-order valence-corrected chi connectivity index (χ4v) is 4.68. The van der Waals surface area contributed by atoms with E-state index in [9.17, 15) is 23.3 Å². The molecule has 1 amide bonds. The molecule has 3 rings (SSSR count). The number of nitro benzene ring substituents is 1. The van der Waals surface area contributed by atoms with E-state index < -0.39 is 14.9 Å². The lowest BCUT2D eigenvalue weighted by Crippen LogP contribution is -2.48. The average Bonchev–Trinajstić information content (AvgIpc) is 2.78. The van der Waals surface area contributed by atoms with Crippen LogP contribution in [0.15, 0.2) is 47.4 Å². The van der Waals surface area contributed by atoms with Crippen LogP contribution < -0.4 is 4.90 Å². The average molecular weight is 469 g/mol. The molecule has 0 aromatic heterocycles. The Morgan fingerprint density at radius 1 is 1.13 bits per heavy atom. The number of nitrogens with zero attached hydrogens (tertiary/aromatic N) is 4. The maximum atomic E-state index is 12.9. The monoisotopic (exact) mass is 468 g/mol. The number of hydrogen-bond acceptors (Lipinski definition) is 7. The summed E-state index contributed by atoms with van der Waals surface area (Å²) in [5, 5.41) is 10.8. The molecule has 10 nitrogen and oxygen atoms in total. The summed E-state index contributed by atoms with van der Waals surface area (Å²) in [6.07, 6.45) is 0. The zero-order valence-electron chi connectivity index (χ0n) is 16.9. The van der Waals surface area contributed by atoms with Crippen LogP contribution >= 0.6 is 11.6 Å². The third kappa shape index (κ3) is 4.79. The van der Waals surface area contributed by atoms with Crippen molar-refractivity contribution >= 4 is 38.9 Å². The first-order valence-corrected chi connectivity index (χ1v) is 11.1. The summed E-state index contributed by atoms with van der Waals surface area (Å²) in [7, 11) is -1.56. The van der Waals surface area contributed by atoms with Crippen LogP contribution in [-0.2, 0) is 14.9 Å². The molecule has 0 N–H and O–H groups in total. The first kappa shape index (κ1) is 22.9. The van der Waals surface area contributed by atoms with Crippen molar-refractivity contribution in [3.8, 4) is 0 Å². The van der Waals surface area contributed by atoms with E-state index in [1.807, 2.05) is 4.90 Å². The summed E-state index contributed by atoms with van der Waals surface area (Å²) in [6.45, 7) is 1.90. The van der Waals surface area contributed by atoms with Gasteiger partial charge in [-0.05, 0) is 30.3 Å². The van der Waals surface area contributed by atoms with Gasteiger partial charge in [0.15, 0.2) is 0 Å². The first-order chi connectivity index (χ1) is 14.6. The molecule has 1 saturated heterocycles. The lowest BCUT2D eigenvalue weighted by Gasteiger charge is -2.36. The molecule has 0 spiro atoms. The van der Waals surface area contributed by atoms with Crippen molar-refractivity contribution in [3.05, 3.63) is 63.2 Å². The number of hydrogen-bond donors (Lipinski definition) is 0. The van der Waals surface area contributed by atoms with Crippen LogP contribution in [0, 0.1) is 10.1 Å². The highest BCUT2D eigenvalue weighted by Gasteiger charge is 2.27. The molecule has 2 aromatic rings. The maximum absolute atomic E-state index is 12.9. The van der Waals surface area contributed by atoms with Gasteiger partial charge in [0.1, 0.15) is 4.90 Å². The summed E-state index contributed by atoms with van der Waals surface area (Å²) >= 11 is 6.05. The number of carbonyl (C=O) groups excluding carboxylic acids is 1. The van der Waals surface area contributed by atoms with Gasteiger partial charge in [-0.2, -0.15) is 0 Å². The molecule has 0 unspecified atom stereocenters. The first-order valence-electron chi connectivity index (χ1n) is 9.26. The Hall–Kier alpha value is -2.73. The third-order valence-electron chi connectivity index (χ3n) is 5.04. The number of sulfonamides is 1. The van der Waals surface area contributed by atoms with Crippen LogP contribution in [0.3, 0.4) is 0 Å². The fourth-order valence-electron chi connectivity index (χ4n) is 3.21. The molecule has 1 aliphatic heterocycles. The second kappa shape index (κ2) is 9.18. The molecule has 2 aromatic carbocycles. The Morgan fingerprint density at radius 3 is 2.29 bits per heavy atom. The standard InChI is InChI=1S/C19H21ClN4O6S/c1-21(30-2)31(28,29)18-13-14(3-8-17(18)20)19(25)23-11-9-22(10-12-23)15-4-6-16(7-5-15)24(26)27/h3-8,13H,9-12H2,1-2H3. The molecule has 0 aliphatic carbocycles. The van der Waals surface area contributed by atoms with E-state index in [-0.39, 0.29) is 27.1 Å². The minimum absolute atomic E-state index is 0.0107. The van der Waals surface area contributed by atoms with Crippen molar-refractivity contribution in [2.75, 3.05) is 45.2 Å². The van der Waals surface area contributed by atoms with Crippen LogP contribution in [0.4, 0.5) is 11.4 Å². The highest BCUT2D eigenvalue weighted by molar-refractivity contribution is 7.89. The lowest BCUT2D eigenvalue weighted by molar-refractivity contribution is -0.384. The van der Waals surface area contributed by atoms with E-state index in [1.54, 1.807) is 17.0 Å². The number of benzene rings is 2. The van der Waals surface area contributed by atoms with Gasteiger partial charge in [-0.25, -0.2) is 8.42 Å². The van der Waals surface area contributed by atoms with Gasteiger partial charge in [0.2, 0.25) is 0 Å². The van der Waals surface area contributed by atoms with Gasteiger partial charge in [-0.1, -0.05) is 16.1 Å². The van der Waals surface area contributed by atoms with Crippen molar-refractivity contribution in [1.82, 2.24) is 9.37 Å². The molecule has 0 atom stereocenters. The Kier molecular flexibility index (Phi) is 6.80. The van der Waals surface area contributed by atoms with Gasteiger partial charge >= 0.3 is 0 Å². The maximum Gasteiger partial charge on any atom is 0.269 e. The molecule has 12 heteroatoms. The van der Waals surface area contributed by atoms with Gasteiger partial charge in [-0.3, -0.25) is 19.7 Å². The zero-order valence-corrected chi connectivity index (χ0v) is 18.5. The van der Waals surface area contributed by atoms with E-state index in [0.717, 1.165) is 5.69 Å². The Bertz CT molecular complexity index is 1090. The predicted octanol–water partition coefficient (Wildman–Crippen LogP) is 2.39. The Labute approximate surface area is 184 Å². The van der Waals surface area contributed by atoms with Crippen LogP contribution in [-0.4, -0.2) is 69.0 Å². The number of halogens is 1. The van der Waals surface area contributed by atoms with E-state index in [4.69, 9.17) is 16.4 Å². The smallest absolute Gasteiger partial charge is 0.269 e. The van der Waals surface area contributed by atoms with Gasteiger partial charge < -0.3 is 9.80 Å².